The lowest BCUT2D eigenvalue weighted by Crippen LogP contribution is -2.36. The molecule has 21 heavy (non-hydrogen) atoms. The minimum atomic E-state index is -0.0158. The molecule has 1 N–H and O–H groups in total. The predicted octanol–water partition coefficient (Wildman–Crippen LogP) is 3.53. The average Bonchev–Trinajstić information content (AvgIpc) is 2.79. The Hall–Kier alpha value is -0.940. The summed E-state index contributed by atoms with van der Waals surface area (Å²) in [4.78, 5) is 17.6. The molecule has 0 radical (unpaired) electrons. The van der Waals surface area contributed by atoms with Crippen LogP contribution in [0.25, 0.3) is 0 Å². The molecule has 2 rings (SSSR count). The van der Waals surface area contributed by atoms with E-state index < -0.39 is 0 Å². The van der Waals surface area contributed by atoms with E-state index in [4.69, 9.17) is 4.74 Å². The molecule has 0 aromatic carbocycles. The van der Waals surface area contributed by atoms with Crippen molar-refractivity contribution < 1.29 is 9.53 Å². The van der Waals surface area contributed by atoms with Crippen molar-refractivity contribution in [3.05, 3.63) is 15.6 Å². The maximum atomic E-state index is 11.7. The maximum Gasteiger partial charge on any atom is 0.308 e. The van der Waals surface area contributed by atoms with E-state index >= 15 is 0 Å². The van der Waals surface area contributed by atoms with Crippen LogP contribution in [0.5, 0.6) is 0 Å². The second-order valence-corrected chi connectivity index (χ2v) is 7.11. The van der Waals surface area contributed by atoms with E-state index in [1.54, 1.807) is 11.3 Å². The van der Waals surface area contributed by atoms with E-state index in [1.807, 2.05) is 6.92 Å². The molecule has 1 atom stereocenters. The molecular formula is C16H26N2O2S. The molecular weight excluding hydrogens is 284 g/mol. The van der Waals surface area contributed by atoms with E-state index in [0.717, 1.165) is 36.4 Å². The van der Waals surface area contributed by atoms with Crippen LogP contribution < -0.4 is 5.32 Å². The molecule has 118 valence electrons. The zero-order valence-electron chi connectivity index (χ0n) is 13.4. The number of rotatable bonds is 5. The van der Waals surface area contributed by atoms with Crippen LogP contribution in [-0.4, -0.2) is 23.6 Å². The lowest BCUT2D eigenvalue weighted by Gasteiger charge is -2.30. The second kappa shape index (κ2) is 7.36. The van der Waals surface area contributed by atoms with Gasteiger partial charge in [0.15, 0.2) is 0 Å². The summed E-state index contributed by atoms with van der Waals surface area (Å²) in [6.07, 6.45) is 3.96. The first-order valence-electron chi connectivity index (χ1n) is 7.87. The topological polar surface area (TPSA) is 51.2 Å². The first-order chi connectivity index (χ1) is 10.0. The number of aromatic nitrogens is 1. The van der Waals surface area contributed by atoms with Crippen molar-refractivity contribution in [3.8, 4) is 0 Å². The van der Waals surface area contributed by atoms with Crippen molar-refractivity contribution in [2.45, 2.75) is 65.5 Å². The molecule has 0 aliphatic heterocycles. The van der Waals surface area contributed by atoms with Gasteiger partial charge in [0.25, 0.3) is 0 Å². The molecule has 0 amide bonds. The van der Waals surface area contributed by atoms with E-state index in [9.17, 15) is 4.79 Å². The van der Waals surface area contributed by atoms with Gasteiger partial charge in [-0.3, -0.25) is 4.79 Å². The molecule has 4 nitrogen and oxygen atoms in total. The summed E-state index contributed by atoms with van der Waals surface area (Å²) in [6, 6.07) is 0.827. The molecule has 1 aromatic heterocycles. The Kier molecular flexibility index (Phi) is 5.76. The summed E-state index contributed by atoms with van der Waals surface area (Å²) in [7, 11) is 0. The summed E-state index contributed by atoms with van der Waals surface area (Å²) in [5.41, 5.74) is 1.14. The molecule has 1 unspecified atom stereocenters. The monoisotopic (exact) mass is 310 g/mol. The van der Waals surface area contributed by atoms with Gasteiger partial charge in [0, 0.05) is 17.0 Å². The highest BCUT2D eigenvalue weighted by Crippen LogP contribution is 2.29. The zero-order chi connectivity index (χ0) is 15.4. The molecule has 1 saturated carbocycles. The van der Waals surface area contributed by atoms with Gasteiger partial charge in [-0.1, -0.05) is 0 Å². The Morgan fingerprint density at radius 1 is 1.38 bits per heavy atom. The Labute approximate surface area is 131 Å². The lowest BCUT2D eigenvalue weighted by molar-refractivity contribution is -0.149. The lowest BCUT2D eigenvalue weighted by atomic mass is 9.86. The minimum absolute atomic E-state index is 0.0158. The molecule has 0 saturated heterocycles. The molecule has 1 fully saturated rings. The van der Waals surface area contributed by atoms with Crippen molar-refractivity contribution in [2.24, 2.45) is 5.92 Å². The third kappa shape index (κ3) is 4.27. The molecule has 1 aromatic rings. The zero-order valence-corrected chi connectivity index (χ0v) is 14.3. The van der Waals surface area contributed by atoms with E-state index in [2.05, 4.69) is 31.1 Å². The predicted molar refractivity (Wildman–Crippen MR) is 85.5 cm³/mol. The Balaban J connectivity index is 1.83. The van der Waals surface area contributed by atoms with Gasteiger partial charge in [-0.2, -0.15) is 0 Å². The highest BCUT2D eigenvalue weighted by atomic mass is 32.1. The average molecular weight is 310 g/mol. The van der Waals surface area contributed by atoms with Crippen LogP contribution in [0.1, 0.15) is 61.2 Å². The van der Waals surface area contributed by atoms with Crippen LogP contribution in [0.2, 0.25) is 0 Å². The molecule has 0 spiro atoms. The fraction of sp³-hybridized carbons (Fsp3) is 0.750. The third-order valence-electron chi connectivity index (χ3n) is 4.17. The number of carbonyl (C=O) groups is 1. The number of ether oxygens (including phenoxy) is 1. The van der Waals surface area contributed by atoms with Crippen LogP contribution in [0, 0.1) is 19.8 Å². The van der Waals surface area contributed by atoms with E-state index in [1.165, 1.54) is 4.88 Å². The Bertz CT molecular complexity index is 479. The SMILES string of the molecule is CCOC(=O)C1CCC(NC(C)c2sc(C)nc2C)CC1. The van der Waals surface area contributed by atoms with Gasteiger partial charge < -0.3 is 10.1 Å². The summed E-state index contributed by atoms with van der Waals surface area (Å²) >= 11 is 1.78. The van der Waals surface area contributed by atoms with Crippen molar-refractivity contribution in [1.82, 2.24) is 10.3 Å². The number of esters is 1. The highest BCUT2D eigenvalue weighted by molar-refractivity contribution is 7.11. The number of carbonyl (C=O) groups excluding carboxylic acids is 1. The molecule has 1 aliphatic carbocycles. The fourth-order valence-corrected chi connectivity index (χ4v) is 4.07. The smallest absolute Gasteiger partial charge is 0.308 e. The van der Waals surface area contributed by atoms with Crippen LogP contribution in [0.4, 0.5) is 0 Å². The van der Waals surface area contributed by atoms with Crippen molar-refractivity contribution in [3.63, 3.8) is 0 Å². The van der Waals surface area contributed by atoms with Gasteiger partial charge in [0.05, 0.1) is 23.2 Å². The fourth-order valence-electron chi connectivity index (χ4n) is 3.13. The summed E-state index contributed by atoms with van der Waals surface area (Å²) < 4.78 is 5.12. The summed E-state index contributed by atoms with van der Waals surface area (Å²) in [5, 5.41) is 4.83. The Morgan fingerprint density at radius 2 is 2.05 bits per heavy atom. The maximum absolute atomic E-state index is 11.7. The normalized spacial score (nSPS) is 23.8. The standard InChI is InChI=1S/C16H26N2O2S/c1-5-20-16(19)13-6-8-14(9-7-13)18-11(3)15-10(2)17-12(4)21-15/h11,13-14,18H,5-9H2,1-4H3. The van der Waals surface area contributed by atoms with Gasteiger partial charge in [0.2, 0.25) is 0 Å². The minimum Gasteiger partial charge on any atom is -0.466 e. The number of hydrogen-bond donors (Lipinski definition) is 1. The number of aryl methyl sites for hydroxylation is 2. The largest absolute Gasteiger partial charge is 0.466 e. The quantitative estimate of drug-likeness (QED) is 0.845. The number of nitrogens with one attached hydrogen (secondary N) is 1. The van der Waals surface area contributed by atoms with Gasteiger partial charge in [-0.25, -0.2) is 4.98 Å². The number of thiazole rings is 1. The Morgan fingerprint density at radius 3 is 2.57 bits per heavy atom. The van der Waals surface area contributed by atoms with Crippen LogP contribution >= 0.6 is 11.3 Å². The number of hydrogen-bond acceptors (Lipinski definition) is 5. The van der Waals surface area contributed by atoms with Gasteiger partial charge in [-0.05, 0) is 53.4 Å². The first kappa shape index (κ1) is 16.4. The summed E-state index contributed by atoms with van der Waals surface area (Å²) in [5.74, 6) is 0.0867. The third-order valence-corrected chi connectivity index (χ3v) is 5.42. The number of nitrogens with zero attached hydrogens (tertiary/aromatic N) is 1. The highest BCUT2D eigenvalue weighted by Gasteiger charge is 2.28. The van der Waals surface area contributed by atoms with Gasteiger partial charge >= 0.3 is 5.97 Å². The van der Waals surface area contributed by atoms with Crippen molar-refractivity contribution in [2.75, 3.05) is 6.61 Å². The van der Waals surface area contributed by atoms with Crippen LogP contribution in [0.15, 0.2) is 0 Å². The molecule has 1 aliphatic rings. The molecule has 5 heteroatoms. The van der Waals surface area contributed by atoms with Crippen molar-refractivity contribution >= 4 is 17.3 Å². The molecule has 0 bridgehead atoms. The second-order valence-electron chi connectivity index (χ2n) is 5.87. The van der Waals surface area contributed by atoms with Crippen molar-refractivity contribution in [1.29, 1.82) is 0 Å². The van der Waals surface area contributed by atoms with E-state index in [-0.39, 0.29) is 11.9 Å². The van der Waals surface area contributed by atoms with Gasteiger partial charge in [-0.15, -0.1) is 11.3 Å². The van der Waals surface area contributed by atoms with E-state index in [0.29, 0.717) is 18.7 Å². The molecule has 1 heterocycles. The summed E-state index contributed by atoms with van der Waals surface area (Å²) in [6.45, 7) is 8.69. The van der Waals surface area contributed by atoms with Crippen LogP contribution in [0.3, 0.4) is 0 Å². The van der Waals surface area contributed by atoms with Gasteiger partial charge in [0.1, 0.15) is 0 Å². The first-order valence-corrected chi connectivity index (χ1v) is 8.69. The van der Waals surface area contributed by atoms with Crippen LogP contribution in [-0.2, 0) is 9.53 Å².